The van der Waals surface area contributed by atoms with Gasteiger partial charge in [0.25, 0.3) is 0 Å². The minimum Gasteiger partial charge on any atom is -0.356 e. The summed E-state index contributed by atoms with van der Waals surface area (Å²) in [5.74, 6) is 0.751. The van der Waals surface area contributed by atoms with Crippen molar-refractivity contribution in [3.8, 4) is 17.4 Å². The molecule has 1 aromatic carbocycles. The molecule has 0 spiro atoms. The summed E-state index contributed by atoms with van der Waals surface area (Å²) in [6.07, 6.45) is 1.73. The Bertz CT molecular complexity index is 585. The molecule has 4 nitrogen and oxygen atoms in total. The lowest BCUT2D eigenvalue weighted by Crippen LogP contribution is -2.35. The summed E-state index contributed by atoms with van der Waals surface area (Å²) in [6, 6.07) is 9.40. The number of nitrogens with one attached hydrogen (secondary N) is 1. The SMILES string of the molecule is CC(C)(C)NCc1cnoc1-c1ccc(C#N)cc1. The van der Waals surface area contributed by atoms with Gasteiger partial charge in [-0.25, -0.2) is 0 Å². The van der Waals surface area contributed by atoms with Gasteiger partial charge in [0.1, 0.15) is 0 Å². The number of rotatable bonds is 3. The highest BCUT2D eigenvalue weighted by Gasteiger charge is 2.14. The van der Waals surface area contributed by atoms with Gasteiger partial charge in [-0.2, -0.15) is 5.26 Å². The molecule has 0 amide bonds. The first-order valence-corrected chi connectivity index (χ1v) is 6.19. The van der Waals surface area contributed by atoms with Crippen molar-refractivity contribution in [1.82, 2.24) is 10.5 Å². The van der Waals surface area contributed by atoms with Gasteiger partial charge in [-0.15, -0.1) is 0 Å². The van der Waals surface area contributed by atoms with E-state index in [4.69, 9.17) is 9.78 Å². The Kier molecular flexibility index (Phi) is 3.68. The van der Waals surface area contributed by atoms with Crippen LogP contribution >= 0.6 is 0 Å². The molecule has 0 unspecified atom stereocenters. The zero-order chi connectivity index (χ0) is 13.9. The molecule has 0 atom stereocenters. The molecule has 4 heteroatoms. The van der Waals surface area contributed by atoms with Crippen LogP contribution in [0.15, 0.2) is 35.0 Å². The van der Waals surface area contributed by atoms with Gasteiger partial charge in [-0.3, -0.25) is 0 Å². The average Bonchev–Trinajstić information content (AvgIpc) is 2.84. The highest BCUT2D eigenvalue weighted by atomic mass is 16.5. The van der Waals surface area contributed by atoms with Gasteiger partial charge in [-0.05, 0) is 45.0 Å². The van der Waals surface area contributed by atoms with E-state index in [0.29, 0.717) is 12.1 Å². The van der Waals surface area contributed by atoms with Crippen LogP contribution in [0, 0.1) is 11.3 Å². The number of hydrogen-bond acceptors (Lipinski definition) is 4. The maximum absolute atomic E-state index is 8.79. The van der Waals surface area contributed by atoms with Crippen LogP contribution < -0.4 is 5.32 Å². The minimum absolute atomic E-state index is 0.0409. The Hall–Kier alpha value is -2.12. The number of nitriles is 1. The second-order valence-corrected chi connectivity index (χ2v) is 5.47. The smallest absolute Gasteiger partial charge is 0.171 e. The minimum atomic E-state index is 0.0409. The molecule has 0 bridgehead atoms. The number of nitrogens with zero attached hydrogens (tertiary/aromatic N) is 2. The first kappa shape index (κ1) is 13.3. The Balaban J connectivity index is 2.21. The van der Waals surface area contributed by atoms with Crippen LogP contribution in [-0.2, 0) is 6.54 Å². The molecule has 0 aliphatic heterocycles. The van der Waals surface area contributed by atoms with Gasteiger partial charge >= 0.3 is 0 Å². The van der Waals surface area contributed by atoms with Crippen molar-refractivity contribution in [3.05, 3.63) is 41.6 Å². The topological polar surface area (TPSA) is 61.9 Å². The van der Waals surface area contributed by atoms with E-state index in [2.05, 4.69) is 37.3 Å². The lowest BCUT2D eigenvalue weighted by Gasteiger charge is -2.20. The van der Waals surface area contributed by atoms with Gasteiger partial charge in [-0.1, -0.05) is 5.16 Å². The molecule has 0 aliphatic carbocycles. The Morgan fingerprint density at radius 3 is 2.53 bits per heavy atom. The van der Waals surface area contributed by atoms with E-state index in [1.54, 1.807) is 18.3 Å². The molecule has 2 aromatic rings. The number of hydrogen-bond donors (Lipinski definition) is 1. The highest BCUT2D eigenvalue weighted by molar-refractivity contribution is 5.61. The lowest BCUT2D eigenvalue weighted by atomic mass is 10.1. The van der Waals surface area contributed by atoms with Crippen LogP contribution in [-0.4, -0.2) is 10.7 Å². The van der Waals surface area contributed by atoms with Crippen molar-refractivity contribution in [2.75, 3.05) is 0 Å². The molecule has 1 aromatic heterocycles. The summed E-state index contributed by atoms with van der Waals surface area (Å²) in [7, 11) is 0. The molecular formula is C15H17N3O. The molecule has 19 heavy (non-hydrogen) atoms. The maximum atomic E-state index is 8.79. The quantitative estimate of drug-likeness (QED) is 0.915. The third kappa shape index (κ3) is 3.43. The Morgan fingerprint density at radius 2 is 1.95 bits per heavy atom. The van der Waals surface area contributed by atoms with Crippen molar-refractivity contribution in [1.29, 1.82) is 5.26 Å². The molecule has 0 aliphatic rings. The first-order chi connectivity index (χ1) is 8.99. The first-order valence-electron chi connectivity index (χ1n) is 6.19. The molecule has 0 radical (unpaired) electrons. The summed E-state index contributed by atoms with van der Waals surface area (Å²) in [5, 5.41) is 16.1. The van der Waals surface area contributed by atoms with Gasteiger partial charge in [0, 0.05) is 23.2 Å². The van der Waals surface area contributed by atoms with E-state index in [9.17, 15) is 0 Å². The van der Waals surface area contributed by atoms with Crippen molar-refractivity contribution < 1.29 is 4.52 Å². The zero-order valence-electron chi connectivity index (χ0n) is 11.4. The van der Waals surface area contributed by atoms with E-state index in [1.165, 1.54) is 0 Å². The lowest BCUT2D eigenvalue weighted by molar-refractivity contribution is 0.418. The van der Waals surface area contributed by atoms with Crippen LogP contribution in [0.3, 0.4) is 0 Å². The van der Waals surface area contributed by atoms with Gasteiger partial charge in [0.05, 0.1) is 17.8 Å². The standard InChI is InChI=1S/C15H17N3O/c1-15(2,3)17-9-13-10-18-19-14(13)12-6-4-11(8-16)5-7-12/h4-7,10,17H,9H2,1-3H3. The summed E-state index contributed by atoms with van der Waals surface area (Å²) < 4.78 is 5.32. The summed E-state index contributed by atoms with van der Waals surface area (Å²) >= 11 is 0. The Morgan fingerprint density at radius 1 is 1.26 bits per heavy atom. The molecular weight excluding hydrogens is 238 g/mol. The fourth-order valence-electron chi connectivity index (χ4n) is 1.68. The van der Waals surface area contributed by atoms with Crippen LogP contribution in [0.2, 0.25) is 0 Å². The maximum Gasteiger partial charge on any atom is 0.171 e. The molecule has 0 saturated heterocycles. The van der Waals surface area contributed by atoms with Crippen LogP contribution in [0.25, 0.3) is 11.3 Å². The van der Waals surface area contributed by atoms with E-state index < -0.39 is 0 Å². The third-order valence-electron chi connectivity index (χ3n) is 2.73. The van der Waals surface area contributed by atoms with Crippen LogP contribution in [0.1, 0.15) is 31.9 Å². The Labute approximate surface area is 113 Å². The summed E-state index contributed by atoms with van der Waals surface area (Å²) in [5.41, 5.74) is 2.62. The fourth-order valence-corrected chi connectivity index (χ4v) is 1.68. The molecule has 0 fully saturated rings. The van der Waals surface area contributed by atoms with Crippen LogP contribution in [0.4, 0.5) is 0 Å². The van der Waals surface area contributed by atoms with Gasteiger partial charge < -0.3 is 9.84 Å². The van der Waals surface area contributed by atoms with Crippen LogP contribution in [0.5, 0.6) is 0 Å². The number of aromatic nitrogens is 1. The second kappa shape index (κ2) is 5.25. The summed E-state index contributed by atoms with van der Waals surface area (Å²) in [4.78, 5) is 0. The number of benzene rings is 1. The molecule has 2 rings (SSSR count). The second-order valence-electron chi connectivity index (χ2n) is 5.47. The third-order valence-corrected chi connectivity index (χ3v) is 2.73. The van der Waals surface area contributed by atoms with E-state index in [0.717, 1.165) is 16.9 Å². The van der Waals surface area contributed by atoms with E-state index >= 15 is 0 Å². The largest absolute Gasteiger partial charge is 0.356 e. The molecule has 1 heterocycles. The van der Waals surface area contributed by atoms with E-state index in [1.807, 2.05) is 12.1 Å². The van der Waals surface area contributed by atoms with Crippen molar-refractivity contribution in [3.63, 3.8) is 0 Å². The molecule has 0 saturated carbocycles. The van der Waals surface area contributed by atoms with Crippen molar-refractivity contribution >= 4 is 0 Å². The predicted molar refractivity (Wildman–Crippen MR) is 73.2 cm³/mol. The van der Waals surface area contributed by atoms with Gasteiger partial charge in [0.2, 0.25) is 0 Å². The summed E-state index contributed by atoms with van der Waals surface area (Å²) in [6.45, 7) is 7.04. The monoisotopic (exact) mass is 255 g/mol. The van der Waals surface area contributed by atoms with Gasteiger partial charge in [0.15, 0.2) is 5.76 Å². The highest BCUT2D eigenvalue weighted by Crippen LogP contribution is 2.24. The predicted octanol–water partition coefficient (Wildman–Crippen LogP) is 3.10. The molecule has 98 valence electrons. The fraction of sp³-hybridized carbons (Fsp3) is 0.333. The zero-order valence-corrected chi connectivity index (χ0v) is 11.4. The average molecular weight is 255 g/mol. The molecule has 1 N–H and O–H groups in total. The van der Waals surface area contributed by atoms with Crippen molar-refractivity contribution in [2.24, 2.45) is 0 Å². The van der Waals surface area contributed by atoms with Crippen molar-refractivity contribution in [2.45, 2.75) is 32.9 Å². The normalized spacial score (nSPS) is 11.3. The van der Waals surface area contributed by atoms with E-state index in [-0.39, 0.29) is 5.54 Å².